The summed E-state index contributed by atoms with van der Waals surface area (Å²) >= 11 is 0. The Morgan fingerprint density at radius 2 is 1.48 bits per heavy atom. The van der Waals surface area contributed by atoms with Gasteiger partial charge in [-0.3, -0.25) is 19.5 Å². The highest BCUT2D eigenvalue weighted by Crippen LogP contribution is 2.50. The third kappa shape index (κ3) is 10.4. The largest absolute Gasteiger partial charge is 0.477 e. The molecule has 0 bridgehead atoms. The van der Waals surface area contributed by atoms with Crippen molar-refractivity contribution in [2.24, 2.45) is 17.6 Å². The van der Waals surface area contributed by atoms with Crippen molar-refractivity contribution in [3.05, 3.63) is 89.2 Å². The van der Waals surface area contributed by atoms with Crippen molar-refractivity contribution in [2.75, 3.05) is 26.0 Å². The Kier molecular flexibility index (Phi) is 14.5. The van der Waals surface area contributed by atoms with Gasteiger partial charge in [-0.15, -0.1) is 0 Å². The zero-order chi connectivity index (χ0) is 46.6. The number of aryl methyl sites for hydroxylation is 1. The molecule has 3 amide bonds. The molecular weight excluding hydrogens is 847 g/mol. The van der Waals surface area contributed by atoms with E-state index >= 15 is 0 Å². The summed E-state index contributed by atoms with van der Waals surface area (Å²) in [6.07, 6.45) is 6.81. The van der Waals surface area contributed by atoms with Gasteiger partial charge in [0.15, 0.2) is 5.82 Å². The highest BCUT2D eigenvalue weighted by Gasteiger charge is 2.77. The van der Waals surface area contributed by atoms with Crippen LogP contribution in [0.3, 0.4) is 0 Å². The first-order chi connectivity index (χ1) is 30.2. The van der Waals surface area contributed by atoms with Gasteiger partial charge < -0.3 is 31.7 Å². The van der Waals surface area contributed by atoms with Crippen molar-refractivity contribution in [2.45, 2.75) is 101 Å². The van der Waals surface area contributed by atoms with Crippen LogP contribution in [0.2, 0.25) is 0 Å². The molecule has 1 atom stereocenters. The summed E-state index contributed by atoms with van der Waals surface area (Å²) in [4.78, 5) is 56.6. The van der Waals surface area contributed by atoms with Crippen LogP contribution in [-0.2, 0) is 26.7 Å². The molecule has 6 rings (SSSR count). The highest BCUT2D eigenvalue weighted by atomic mass is 19.3. The molecule has 2 fully saturated rings. The molecule has 2 aliphatic carbocycles. The van der Waals surface area contributed by atoms with E-state index in [1.165, 1.54) is 29.4 Å². The number of amides is 3. The minimum atomic E-state index is -6.37. The van der Waals surface area contributed by atoms with E-state index in [-0.39, 0.29) is 41.4 Å². The van der Waals surface area contributed by atoms with E-state index in [1.54, 1.807) is 6.07 Å². The van der Waals surface area contributed by atoms with Gasteiger partial charge in [-0.25, -0.2) is 9.78 Å². The van der Waals surface area contributed by atoms with Crippen LogP contribution in [0.15, 0.2) is 66.7 Å². The zero-order valence-corrected chi connectivity index (χ0v) is 35.6. The monoisotopic (exact) mass is 898 g/mol. The average Bonchev–Trinajstić information content (AvgIpc) is 3.78. The molecule has 1 unspecified atom stereocenters. The van der Waals surface area contributed by atoms with Crippen molar-refractivity contribution in [3.8, 4) is 22.5 Å². The van der Waals surface area contributed by atoms with Crippen molar-refractivity contribution in [3.63, 3.8) is 0 Å². The molecule has 19 heteroatoms. The van der Waals surface area contributed by atoms with Gasteiger partial charge in [0.2, 0.25) is 17.6 Å². The second-order valence-corrected chi connectivity index (χ2v) is 17.0. The summed E-state index contributed by atoms with van der Waals surface area (Å²) in [7, 11) is 4.15. The van der Waals surface area contributed by atoms with Crippen LogP contribution in [0.4, 0.5) is 32.0 Å². The lowest BCUT2D eigenvalue weighted by Crippen LogP contribution is -2.56. The van der Waals surface area contributed by atoms with Gasteiger partial charge in [0, 0.05) is 41.2 Å². The Bertz CT molecular complexity index is 2290. The van der Waals surface area contributed by atoms with Gasteiger partial charge in [0.25, 0.3) is 5.91 Å². The maximum atomic E-state index is 14.5. The molecule has 0 radical (unpaired) electrons. The van der Waals surface area contributed by atoms with Crippen LogP contribution in [-0.4, -0.2) is 99.5 Å². The van der Waals surface area contributed by atoms with Crippen LogP contribution in [0.25, 0.3) is 22.5 Å². The SMILES string of the molecule is Cc1cc(C(=O)NC2CCC(N(C)C)CC2)ccc1-c1ccc(CC(NC(=O)C2CCC(CN)CC2)C(=O)Nc2ccc(-c3n[nH]c(C(F)(F)C(F)(F)C(F)(F)C(=O)O)n3)cc2)cc1. The van der Waals surface area contributed by atoms with Crippen molar-refractivity contribution in [1.82, 2.24) is 30.7 Å². The number of anilines is 1. The summed E-state index contributed by atoms with van der Waals surface area (Å²) in [5, 5.41) is 22.2. The van der Waals surface area contributed by atoms with Crippen LogP contribution in [0.1, 0.15) is 78.7 Å². The lowest BCUT2D eigenvalue weighted by molar-refractivity contribution is -0.311. The maximum absolute atomic E-state index is 14.5. The molecule has 13 nitrogen and oxygen atoms in total. The molecule has 0 spiro atoms. The molecule has 344 valence electrons. The number of carboxylic acids is 1. The van der Waals surface area contributed by atoms with Crippen molar-refractivity contribution in [1.29, 1.82) is 0 Å². The number of nitrogens with two attached hydrogens (primary N) is 1. The number of alkyl halides is 6. The summed E-state index contributed by atoms with van der Waals surface area (Å²) in [5.41, 5.74) is 9.99. The van der Waals surface area contributed by atoms with E-state index in [9.17, 15) is 45.5 Å². The van der Waals surface area contributed by atoms with Gasteiger partial charge in [0.05, 0.1) is 0 Å². The fourth-order valence-corrected chi connectivity index (χ4v) is 8.29. The van der Waals surface area contributed by atoms with Crippen LogP contribution < -0.4 is 21.7 Å². The Morgan fingerprint density at radius 1 is 0.859 bits per heavy atom. The van der Waals surface area contributed by atoms with E-state index in [1.807, 2.05) is 43.3 Å². The smallest absolute Gasteiger partial charge is 0.411 e. The number of nitrogens with one attached hydrogen (secondary N) is 4. The van der Waals surface area contributed by atoms with Gasteiger partial charge >= 0.3 is 23.7 Å². The second-order valence-electron chi connectivity index (χ2n) is 17.0. The number of carbonyl (C=O) groups excluding carboxylic acids is 3. The Hall–Kier alpha value is -5.82. The molecule has 3 aromatic carbocycles. The molecule has 2 aliphatic rings. The molecule has 2 saturated carbocycles. The predicted octanol–water partition coefficient (Wildman–Crippen LogP) is 6.93. The number of nitrogens with zero attached hydrogens (tertiary/aromatic N) is 3. The van der Waals surface area contributed by atoms with E-state index < -0.39 is 47.3 Å². The molecule has 0 saturated heterocycles. The Balaban J connectivity index is 1.14. The molecule has 0 aliphatic heterocycles. The number of hydrogen-bond donors (Lipinski definition) is 6. The average molecular weight is 899 g/mol. The number of hydrogen-bond acceptors (Lipinski definition) is 8. The lowest BCUT2D eigenvalue weighted by Gasteiger charge is -2.33. The number of aliphatic carboxylic acids is 1. The first-order valence-electron chi connectivity index (χ1n) is 21.1. The van der Waals surface area contributed by atoms with Crippen LogP contribution in [0.5, 0.6) is 0 Å². The number of H-pyrrole nitrogens is 1. The summed E-state index contributed by atoms with van der Waals surface area (Å²) < 4.78 is 84.4. The normalized spacial score (nSPS) is 20.0. The molecule has 1 heterocycles. The zero-order valence-electron chi connectivity index (χ0n) is 35.6. The lowest BCUT2D eigenvalue weighted by atomic mass is 9.81. The summed E-state index contributed by atoms with van der Waals surface area (Å²) in [6, 6.07) is 17.8. The topological polar surface area (TPSA) is 195 Å². The molecule has 7 N–H and O–H groups in total. The number of rotatable bonds is 16. The maximum Gasteiger partial charge on any atom is 0.411 e. The molecule has 64 heavy (non-hydrogen) atoms. The van der Waals surface area contributed by atoms with Crippen LogP contribution >= 0.6 is 0 Å². The summed E-state index contributed by atoms with van der Waals surface area (Å²) in [5.74, 6) is -25.3. The first kappa shape index (κ1) is 47.7. The standard InChI is InChI=1S/C45H52F6N8O5/c1-25-22-31(39(61)53-33-17-19-34(20-18-33)59(2)3)14-21-35(25)28-8-4-26(5-9-28)23-36(55-38(60)30-10-6-27(24-52)7-11-30)40(62)54-32-15-12-29(13-16-32)37-56-41(58-57-37)43(46,47)45(50,51)44(48,49)42(63)64/h4-5,8-9,12-16,21-22,27,30,33-34,36H,6-7,10-11,17-20,23-24,52H2,1-3H3,(H,53,61)(H,54,62)(H,55,60)(H,63,64)(H,56,57,58). The Morgan fingerprint density at radius 3 is 2.06 bits per heavy atom. The first-order valence-corrected chi connectivity index (χ1v) is 21.1. The number of carboxylic acid groups (broad SMARTS) is 1. The van der Waals surface area contributed by atoms with Gasteiger partial charge in [-0.05, 0) is 144 Å². The summed E-state index contributed by atoms with van der Waals surface area (Å²) in [6.45, 7) is 2.46. The Labute approximate surface area is 366 Å². The van der Waals surface area contributed by atoms with E-state index in [0.717, 1.165) is 60.8 Å². The van der Waals surface area contributed by atoms with E-state index in [0.29, 0.717) is 36.9 Å². The third-order valence-electron chi connectivity index (χ3n) is 12.4. The van der Waals surface area contributed by atoms with Gasteiger partial charge in [0.1, 0.15) is 6.04 Å². The number of aromatic amines is 1. The van der Waals surface area contributed by atoms with Crippen molar-refractivity contribution >= 4 is 29.4 Å². The van der Waals surface area contributed by atoms with Gasteiger partial charge in [-0.1, -0.05) is 30.3 Å². The van der Waals surface area contributed by atoms with E-state index in [4.69, 9.17) is 10.8 Å². The number of aromatic nitrogens is 3. The number of halogens is 6. The fourth-order valence-electron chi connectivity index (χ4n) is 8.29. The highest BCUT2D eigenvalue weighted by molar-refractivity contribution is 5.98. The van der Waals surface area contributed by atoms with Gasteiger partial charge in [-0.2, -0.15) is 31.4 Å². The minimum Gasteiger partial charge on any atom is -0.477 e. The minimum absolute atomic E-state index is 0.0475. The predicted molar refractivity (Wildman–Crippen MR) is 226 cm³/mol. The molecule has 4 aromatic rings. The van der Waals surface area contributed by atoms with E-state index in [2.05, 4.69) is 45.0 Å². The van der Waals surface area contributed by atoms with Crippen molar-refractivity contribution < 1.29 is 50.6 Å². The quantitative estimate of drug-likeness (QED) is 0.0647. The third-order valence-corrected chi connectivity index (χ3v) is 12.4. The second kappa shape index (κ2) is 19.5. The van der Waals surface area contributed by atoms with Crippen LogP contribution in [0, 0.1) is 18.8 Å². The molecular formula is C45H52F6N8O5. The fraction of sp³-hybridized carbons (Fsp3) is 0.467. The number of carbonyl (C=O) groups is 4. The number of benzene rings is 3. The molecule has 1 aromatic heterocycles.